The highest BCUT2D eigenvalue weighted by Crippen LogP contribution is 2.58. The van der Waals surface area contributed by atoms with Gasteiger partial charge in [-0.25, -0.2) is 0 Å². The molecule has 0 aromatic carbocycles. The molecule has 0 spiro atoms. The van der Waals surface area contributed by atoms with Gasteiger partial charge in [0.2, 0.25) is 0 Å². The summed E-state index contributed by atoms with van der Waals surface area (Å²) in [6.45, 7) is 28.8. The lowest BCUT2D eigenvalue weighted by atomic mass is 11.7. The normalized spacial score (nSPS) is 16.2. The summed E-state index contributed by atoms with van der Waals surface area (Å²) < 4.78 is 0. The van der Waals surface area contributed by atoms with E-state index in [4.69, 9.17) is 44.3 Å². The van der Waals surface area contributed by atoms with Crippen LogP contribution in [0.4, 0.5) is 0 Å². The minimum absolute atomic E-state index is 0.415. The van der Waals surface area contributed by atoms with Crippen molar-refractivity contribution in [2.45, 2.75) is 88.1 Å². The van der Waals surface area contributed by atoms with Crippen molar-refractivity contribution >= 4 is 89.0 Å². The molecule has 0 aliphatic rings. The fourth-order valence-electron chi connectivity index (χ4n) is 5.16. The highest BCUT2D eigenvalue weighted by Gasteiger charge is 2.70. The third-order valence-corrected chi connectivity index (χ3v) is 69.0. The summed E-state index contributed by atoms with van der Waals surface area (Å²) in [5.74, 6) is 0. The molecule has 0 aromatic rings. The van der Waals surface area contributed by atoms with Gasteiger partial charge < -0.3 is 0 Å². The number of halogens is 4. The molecule has 0 aliphatic heterocycles. The number of hydrogen-bond acceptors (Lipinski definition) is 0. The fraction of sp³-hybridized carbons (Fsp3) is 1.00. The quantitative estimate of drug-likeness (QED) is 0.237. The lowest BCUT2D eigenvalue weighted by molar-refractivity contribution is 1.39. The van der Waals surface area contributed by atoms with Crippen LogP contribution in [0.5, 0.6) is 0 Å². The molecule has 0 unspecified atom stereocenters. The van der Waals surface area contributed by atoms with Crippen molar-refractivity contribution in [1.29, 1.82) is 0 Å². The van der Waals surface area contributed by atoms with E-state index in [-0.39, 0.29) is 0 Å². The number of rotatable bonds is 7. The second-order valence-electron chi connectivity index (χ2n) is 11.6. The van der Waals surface area contributed by atoms with Gasteiger partial charge in [-0.05, 0) is 9.58 Å². The van der Waals surface area contributed by atoms with Crippen molar-refractivity contribution in [2.24, 2.45) is 0 Å². The van der Waals surface area contributed by atoms with Crippen LogP contribution in [0.3, 0.4) is 0 Å². The zero-order chi connectivity index (χ0) is 20.2. The topological polar surface area (TPSA) is 0 Å². The summed E-state index contributed by atoms with van der Waals surface area (Å²) in [5, 5.41) is 0. The van der Waals surface area contributed by atoms with E-state index in [2.05, 4.69) is 78.6 Å². The summed E-state index contributed by atoms with van der Waals surface area (Å²) in [6.07, 6.45) is -5.61. The SMILES string of the molecule is C[Si](C)(C)C([Si](C)(C)C)[Si](Cl)(Cl)[Si](Cl)(Cl)C([Si](C)(C)C)[Si](C)(C)C. The maximum absolute atomic E-state index is 7.39. The van der Waals surface area contributed by atoms with Gasteiger partial charge in [0.15, 0.2) is 0 Å². The first-order chi connectivity index (χ1) is 9.98. The predicted octanol–water partition coefficient (Wildman–Crippen LogP) is 8.15. The summed E-state index contributed by atoms with van der Waals surface area (Å²) in [6, 6.07) is 0. The van der Waals surface area contributed by atoms with Gasteiger partial charge in [-0.2, -0.15) is 0 Å². The molecule has 0 aromatic heterocycles. The second-order valence-corrected chi connectivity index (χ2v) is 56.8. The van der Waals surface area contributed by atoms with Crippen LogP contribution >= 0.6 is 44.3 Å². The van der Waals surface area contributed by atoms with Crippen LogP contribution in [0, 0.1) is 0 Å². The Morgan fingerprint density at radius 3 is 0.583 bits per heavy atom. The van der Waals surface area contributed by atoms with Crippen LogP contribution in [-0.4, -0.2) is 44.7 Å². The molecule has 0 amide bonds. The molecule has 0 heterocycles. The summed E-state index contributed by atoms with van der Waals surface area (Å²) in [7, 11) is -6.30. The smallest absolute Gasteiger partial charge is 0.147 e. The van der Waals surface area contributed by atoms with Gasteiger partial charge in [0.25, 0.3) is 12.4 Å². The second kappa shape index (κ2) is 7.71. The van der Waals surface area contributed by atoms with Gasteiger partial charge in [-0.1, -0.05) is 78.6 Å². The zero-order valence-electron chi connectivity index (χ0n) is 17.7. The van der Waals surface area contributed by atoms with Crippen molar-refractivity contribution in [3.05, 3.63) is 0 Å². The highest BCUT2D eigenvalue weighted by atomic mass is 35.8. The highest BCUT2D eigenvalue weighted by molar-refractivity contribution is 7.96. The molecule has 0 aliphatic carbocycles. The Labute approximate surface area is 176 Å². The van der Waals surface area contributed by atoms with E-state index in [1.54, 1.807) is 0 Å². The molecule has 10 heteroatoms. The number of hydrogen-bond donors (Lipinski definition) is 0. The molecular formula is C14H38Cl4Si6. The Kier molecular flexibility index (Phi) is 8.50. The van der Waals surface area contributed by atoms with E-state index in [0.29, 0.717) is 9.58 Å². The molecule has 0 radical (unpaired) electrons. The first-order valence-corrected chi connectivity index (χ1v) is 32.2. The van der Waals surface area contributed by atoms with Gasteiger partial charge in [0, 0.05) is 32.3 Å². The molecule has 0 saturated carbocycles. The van der Waals surface area contributed by atoms with E-state index in [1.807, 2.05) is 0 Å². The molecule has 24 heavy (non-hydrogen) atoms. The van der Waals surface area contributed by atoms with Crippen molar-refractivity contribution in [1.82, 2.24) is 0 Å². The Bertz CT molecular complexity index is 370. The Morgan fingerprint density at radius 1 is 0.375 bits per heavy atom. The van der Waals surface area contributed by atoms with Crippen LogP contribution in [0.2, 0.25) is 88.1 Å². The van der Waals surface area contributed by atoms with Crippen molar-refractivity contribution in [2.75, 3.05) is 0 Å². The Morgan fingerprint density at radius 2 is 0.500 bits per heavy atom. The van der Waals surface area contributed by atoms with Gasteiger partial charge in [-0.15, -0.1) is 44.3 Å². The van der Waals surface area contributed by atoms with Crippen molar-refractivity contribution < 1.29 is 0 Å². The fourth-order valence-corrected chi connectivity index (χ4v) is 104. The molecule has 0 nitrogen and oxygen atoms in total. The van der Waals surface area contributed by atoms with Crippen molar-refractivity contribution in [3.63, 3.8) is 0 Å². The van der Waals surface area contributed by atoms with Gasteiger partial charge in [0.1, 0.15) is 0 Å². The monoisotopic (exact) mass is 514 g/mol. The average molecular weight is 517 g/mol. The minimum Gasteiger partial charge on any atom is -0.147 e. The van der Waals surface area contributed by atoms with E-state index >= 15 is 0 Å². The Hall–Kier alpha value is 2.46. The minimum atomic E-state index is -2.81. The molecule has 0 N–H and O–H groups in total. The van der Waals surface area contributed by atoms with Crippen LogP contribution in [0.15, 0.2) is 0 Å². The molecule has 0 fully saturated rings. The summed E-state index contributed by atoms with van der Waals surface area (Å²) >= 11 is 29.5. The average Bonchev–Trinajstić information content (AvgIpc) is 2.02. The molecule has 0 atom stereocenters. The largest absolute Gasteiger partial charge is 0.271 e. The molecule has 0 rings (SSSR count). The molecule has 146 valence electrons. The maximum atomic E-state index is 7.39. The first kappa shape index (κ1) is 26.5. The third kappa shape index (κ3) is 5.98. The Balaban J connectivity index is 6.50. The van der Waals surface area contributed by atoms with Crippen LogP contribution in [-0.2, 0) is 0 Å². The lowest BCUT2D eigenvalue weighted by Crippen LogP contribution is -2.70. The van der Waals surface area contributed by atoms with E-state index in [0.717, 1.165) is 0 Å². The standard InChI is InChI=1S/C14H38Cl4Si6/c1-19(2,3)13(20(4,5)6)23(15,16)24(17,18)14(21(7,8)9)22(10,11)12/h13-14H,1-12H3. The van der Waals surface area contributed by atoms with E-state index in [9.17, 15) is 0 Å². The van der Waals surface area contributed by atoms with E-state index < -0.39 is 44.7 Å². The predicted molar refractivity (Wildman–Crippen MR) is 136 cm³/mol. The third-order valence-electron chi connectivity index (χ3n) is 4.63. The molecule has 0 saturated heterocycles. The lowest BCUT2D eigenvalue weighted by Gasteiger charge is -2.53. The van der Waals surface area contributed by atoms with Gasteiger partial charge in [0.05, 0.1) is 0 Å². The summed E-state index contributed by atoms with van der Waals surface area (Å²) in [4.78, 5) is 0.829. The molecule has 0 bridgehead atoms. The maximum Gasteiger partial charge on any atom is 0.271 e. The summed E-state index contributed by atoms with van der Waals surface area (Å²) in [5.41, 5.74) is 0. The molecular weight excluding hydrogens is 478 g/mol. The van der Waals surface area contributed by atoms with Crippen LogP contribution in [0.25, 0.3) is 0 Å². The van der Waals surface area contributed by atoms with Crippen LogP contribution in [0.1, 0.15) is 0 Å². The van der Waals surface area contributed by atoms with Gasteiger partial charge >= 0.3 is 0 Å². The first-order valence-electron chi connectivity index (χ1n) is 8.74. The van der Waals surface area contributed by atoms with Crippen molar-refractivity contribution in [3.8, 4) is 0 Å². The van der Waals surface area contributed by atoms with Gasteiger partial charge in [-0.3, -0.25) is 0 Å². The van der Waals surface area contributed by atoms with E-state index in [1.165, 1.54) is 0 Å². The van der Waals surface area contributed by atoms with Crippen LogP contribution < -0.4 is 0 Å². The zero-order valence-corrected chi connectivity index (χ0v) is 26.7.